The summed E-state index contributed by atoms with van der Waals surface area (Å²) in [6, 6.07) is 14.3. The minimum atomic E-state index is -3.98. The van der Waals surface area contributed by atoms with Gasteiger partial charge in [0.1, 0.15) is 11.5 Å². The number of amides is 1. The van der Waals surface area contributed by atoms with Crippen LogP contribution in [0.3, 0.4) is 0 Å². The largest absolute Gasteiger partial charge is 0.492 e. The minimum Gasteiger partial charge on any atom is -0.492 e. The molecule has 8 nitrogen and oxygen atoms in total. The highest BCUT2D eigenvalue weighted by Gasteiger charge is 2.28. The molecule has 1 N–H and O–H groups in total. The predicted molar refractivity (Wildman–Crippen MR) is 112 cm³/mol. The molecule has 154 valence electrons. The van der Waals surface area contributed by atoms with E-state index in [0.717, 1.165) is 0 Å². The summed E-state index contributed by atoms with van der Waals surface area (Å²) in [5.41, 5.74) is 0.432. The fourth-order valence-corrected chi connectivity index (χ4v) is 4.17. The van der Waals surface area contributed by atoms with Crippen molar-refractivity contribution in [1.82, 2.24) is 4.98 Å². The van der Waals surface area contributed by atoms with E-state index in [4.69, 9.17) is 9.47 Å². The lowest BCUT2D eigenvalue weighted by molar-refractivity contribution is 0.0992. The zero-order valence-corrected chi connectivity index (χ0v) is 17.1. The summed E-state index contributed by atoms with van der Waals surface area (Å²) in [4.78, 5) is 18.4. The van der Waals surface area contributed by atoms with Crippen molar-refractivity contribution in [3.63, 3.8) is 0 Å². The van der Waals surface area contributed by atoms with Crippen LogP contribution in [-0.4, -0.2) is 33.0 Å². The Morgan fingerprint density at radius 3 is 2.70 bits per heavy atom. The average Bonchev–Trinajstić information content (AvgIpc) is 2.84. The number of para-hydroxylation sites is 2. The number of hydrogen-bond acceptors (Lipinski definition) is 6. The first kappa shape index (κ1) is 19.7. The van der Waals surface area contributed by atoms with Crippen molar-refractivity contribution in [3.05, 3.63) is 66.4 Å². The van der Waals surface area contributed by atoms with Crippen molar-refractivity contribution in [2.24, 2.45) is 0 Å². The monoisotopic (exact) mass is 425 g/mol. The van der Waals surface area contributed by atoms with Crippen LogP contribution < -0.4 is 19.1 Å². The topological polar surface area (TPSA) is 97.8 Å². The number of aromatic nitrogens is 1. The van der Waals surface area contributed by atoms with E-state index in [1.165, 1.54) is 23.1 Å². The summed E-state index contributed by atoms with van der Waals surface area (Å²) in [6.45, 7) is 2.21. The number of nitrogens with one attached hydrogen (secondary N) is 1. The van der Waals surface area contributed by atoms with Crippen molar-refractivity contribution in [2.45, 2.75) is 11.8 Å². The Morgan fingerprint density at radius 2 is 1.90 bits per heavy atom. The molecule has 3 aromatic rings. The van der Waals surface area contributed by atoms with Gasteiger partial charge in [-0.2, -0.15) is 0 Å². The van der Waals surface area contributed by atoms with Crippen LogP contribution in [-0.2, 0) is 10.0 Å². The maximum absolute atomic E-state index is 13.0. The smallest absolute Gasteiger partial charge is 0.263 e. The van der Waals surface area contributed by atoms with Gasteiger partial charge in [-0.25, -0.2) is 13.4 Å². The molecule has 0 saturated heterocycles. The van der Waals surface area contributed by atoms with E-state index >= 15 is 0 Å². The molecule has 0 atom stereocenters. The molecule has 0 bridgehead atoms. The van der Waals surface area contributed by atoms with Gasteiger partial charge >= 0.3 is 0 Å². The first-order valence-electron chi connectivity index (χ1n) is 9.20. The number of sulfonamides is 1. The molecule has 1 amide bonds. The van der Waals surface area contributed by atoms with E-state index in [1.54, 1.807) is 49.6 Å². The molecule has 2 heterocycles. The molecular weight excluding hydrogens is 406 g/mol. The number of fused-ring (bicyclic) bond motifs is 2. The quantitative estimate of drug-likeness (QED) is 0.670. The second-order valence-electron chi connectivity index (χ2n) is 6.48. The number of benzene rings is 2. The summed E-state index contributed by atoms with van der Waals surface area (Å²) in [5.74, 6) is 1.01. The molecule has 0 fully saturated rings. The Hall–Kier alpha value is -3.59. The van der Waals surface area contributed by atoms with E-state index in [1.807, 2.05) is 6.92 Å². The molecular formula is C21H19N3O5S. The third kappa shape index (κ3) is 3.55. The van der Waals surface area contributed by atoms with Crippen LogP contribution in [0, 0.1) is 0 Å². The highest BCUT2D eigenvalue weighted by Crippen LogP contribution is 2.37. The lowest BCUT2D eigenvalue weighted by Crippen LogP contribution is -2.26. The number of carbonyl (C=O) groups excluding carboxylic acids is 1. The second kappa shape index (κ2) is 7.68. The molecule has 9 heteroatoms. The highest BCUT2D eigenvalue weighted by atomic mass is 32.2. The Balaban J connectivity index is 1.72. The van der Waals surface area contributed by atoms with Crippen LogP contribution >= 0.6 is 0 Å². The lowest BCUT2D eigenvalue weighted by atomic mass is 10.2. The molecule has 0 radical (unpaired) electrons. The fraction of sp³-hybridized carbons (Fsp3) is 0.143. The second-order valence-corrected chi connectivity index (χ2v) is 8.17. The molecule has 0 spiro atoms. The summed E-state index contributed by atoms with van der Waals surface area (Å²) < 4.78 is 39.8. The molecule has 0 saturated carbocycles. The predicted octanol–water partition coefficient (Wildman–Crippen LogP) is 3.66. The number of rotatable bonds is 5. The summed E-state index contributed by atoms with van der Waals surface area (Å²) in [7, 11) is -2.42. The Bertz CT molecular complexity index is 1230. The van der Waals surface area contributed by atoms with E-state index in [9.17, 15) is 13.2 Å². The SMILES string of the molecule is CCOc1ccccc1NS(=O)(=O)c1ccc2c(c1)C(=O)N(C)c1ncccc1O2. The van der Waals surface area contributed by atoms with E-state index < -0.39 is 15.9 Å². The van der Waals surface area contributed by atoms with Crippen molar-refractivity contribution in [3.8, 4) is 17.2 Å². The van der Waals surface area contributed by atoms with Crippen molar-refractivity contribution >= 4 is 27.4 Å². The average molecular weight is 425 g/mol. The van der Waals surface area contributed by atoms with Gasteiger partial charge in [0, 0.05) is 13.2 Å². The molecule has 2 aromatic carbocycles. The maximum atomic E-state index is 13.0. The van der Waals surface area contributed by atoms with Gasteiger partial charge in [-0.15, -0.1) is 0 Å². The van der Waals surface area contributed by atoms with Gasteiger partial charge in [0.25, 0.3) is 15.9 Å². The van der Waals surface area contributed by atoms with Gasteiger partial charge < -0.3 is 9.47 Å². The van der Waals surface area contributed by atoms with Crippen LogP contribution in [0.15, 0.2) is 65.7 Å². The minimum absolute atomic E-state index is 0.0724. The Morgan fingerprint density at radius 1 is 1.10 bits per heavy atom. The molecule has 0 unspecified atom stereocenters. The van der Waals surface area contributed by atoms with Crippen molar-refractivity contribution < 1.29 is 22.7 Å². The van der Waals surface area contributed by atoms with E-state index in [0.29, 0.717) is 29.6 Å². The third-order valence-electron chi connectivity index (χ3n) is 4.52. The maximum Gasteiger partial charge on any atom is 0.263 e. The zero-order chi connectivity index (χ0) is 21.3. The molecule has 30 heavy (non-hydrogen) atoms. The number of hydrogen-bond donors (Lipinski definition) is 1. The summed E-state index contributed by atoms with van der Waals surface area (Å²) in [5, 5.41) is 0. The van der Waals surface area contributed by atoms with E-state index in [-0.39, 0.29) is 16.2 Å². The number of nitrogens with zero attached hydrogens (tertiary/aromatic N) is 2. The van der Waals surface area contributed by atoms with Crippen molar-refractivity contribution in [2.75, 3.05) is 23.3 Å². The lowest BCUT2D eigenvalue weighted by Gasteiger charge is -2.15. The number of pyridine rings is 1. The molecule has 4 rings (SSSR count). The van der Waals surface area contributed by atoms with Crippen LogP contribution in [0.2, 0.25) is 0 Å². The van der Waals surface area contributed by atoms with Crippen molar-refractivity contribution in [1.29, 1.82) is 0 Å². The van der Waals surface area contributed by atoms with Gasteiger partial charge in [0.2, 0.25) is 0 Å². The highest BCUT2D eigenvalue weighted by molar-refractivity contribution is 7.92. The Kier molecular flexibility index (Phi) is 5.04. The summed E-state index contributed by atoms with van der Waals surface area (Å²) >= 11 is 0. The normalized spacial score (nSPS) is 13.0. The number of ether oxygens (including phenoxy) is 2. The first-order chi connectivity index (χ1) is 14.4. The third-order valence-corrected chi connectivity index (χ3v) is 5.88. The van der Waals surface area contributed by atoms with Crippen LogP contribution in [0.5, 0.6) is 17.2 Å². The number of carbonyl (C=O) groups is 1. The molecule has 1 aromatic heterocycles. The van der Waals surface area contributed by atoms with Gasteiger partial charge in [0.15, 0.2) is 11.6 Å². The fourth-order valence-electron chi connectivity index (χ4n) is 3.08. The van der Waals surface area contributed by atoms with E-state index in [2.05, 4.69) is 9.71 Å². The van der Waals surface area contributed by atoms with Crippen LogP contribution in [0.1, 0.15) is 17.3 Å². The molecule has 1 aliphatic rings. The molecule has 1 aliphatic heterocycles. The number of anilines is 2. The first-order valence-corrected chi connectivity index (χ1v) is 10.7. The zero-order valence-electron chi connectivity index (χ0n) is 16.3. The van der Waals surface area contributed by atoms with Gasteiger partial charge in [0.05, 0.1) is 22.8 Å². The summed E-state index contributed by atoms with van der Waals surface area (Å²) in [6.07, 6.45) is 1.55. The van der Waals surface area contributed by atoms with Gasteiger partial charge in [-0.1, -0.05) is 12.1 Å². The van der Waals surface area contributed by atoms with Gasteiger partial charge in [-0.05, 0) is 49.4 Å². The van der Waals surface area contributed by atoms with Crippen LogP contribution in [0.4, 0.5) is 11.5 Å². The molecule has 0 aliphatic carbocycles. The standard InChI is InChI=1S/C21H19N3O5S/c1-3-28-18-8-5-4-7-16(18)23-30(26,27)14-10-11-17-15(13-14)21(25)24(2)20-19(29-17)9-6-12-22-20/h4-13,23H,3H2,1-2H3. The Labute approximate surface area is 174 Å². The van der Waals surface area contributed by atoms with Gasteiger partial charge in [-0.3, -0.25) is 14.4 Å². The van der Waals surface area contributed by atoms with Crippen LogP contribution in [0.25, 0.3) is 0 Å².